The third kappa shape index (κ3) is 2.76. The number of aromatic nitrogens is 2. The molecule has 1 aromatic heterocycles. The van der Waals surface area contributed by atoms with Crippen molar-refractivity contribution in [3.63, 3.8) is 0 Å². The number of H-pyrrole nitrogens is 1. The minimum atomic E-state index is -0.0963. The Morgan fingerprint density at radius 3 is 2.36 bits per heavy atom. The summed E-state index contributed by atoms with van der Waals surface area (Å²) in [6, 6.07) is 17.4. The van der Waals surface area contributed by atoms with Crippen molar-refractivity contribution in [2.45, 2.75) is 13.8 Å². The average molecular weight is 291 g/mol. The molecule has 0 aliphatic rings. The molecular weight excluding hydrogens is 274 g/mol. The van der Waals surface area contributed by atoms with E-state index in [0.717, 1.165) is 22.6 Å². The number of benzene rings is 2. The smallest absolute Gasteiger partial charge is 0.280 e. The number of hydrogen-bond donors (Lipinski definition) is 1. The molecule has 0 fully saturated rings. The lowest BCUT2D eigenvalue weighted by Gasteiger charge is -2.01. The van der Waals surface area contributed by atoms with Crippen molar-refractivity contribution < 1.29 is 0 Å². The van der Waals surface area contributed by atoms with Crippen molar-refractivity contribution in [1.29, 1.82) is 0 Å². The highest BCUT2D eigenvalue weighted by molar-refractivity contribution is 5.82. The number of para-hydroxylation sites is 1. The fourth-order valence-electron chi connectivity index (χ4n) is 2.24. The summed E-state index contributed by atoms with van der Waals surface area (Å²) in [7, 11) is 0. The minimum Gasteiger partial charge on any atom is -0.295 e. The lowest BCUT2D eigenvalue weighted by Crippen LogP contribution is -2.17. The van der Waals surface area contributed by atoms with Gasteiger partial charge in [-0.05, 0) is 38.1 Å². The van der Waals surface area contributed by atoms with Gasteiger partial charge in [-0.25, -0.2) is 4.68 Å². The van der Waals surface area contributed by atoms with E-state index >= 15 is 0 Å². The molecule has 0 amide bonds. The van der Waals surface area contributed by atoms with Crippen LogP contribution < -0.4 is 5.56 Å². The maximum atomic E-state index is 12.5. The Labute approximate surface area is 128 Å². The zero-order valence-electron chi connectivity index (χ0n) is 12.6. The van der Waals surface area contributed by atoms with E-state index in [1.165, 1.54) is 0 Å². The zero-order chi connectivity index (χ0) is 15.5. The molecule has 1 N–H and O–H groups in total. The van der Waals surface area contributed by atoms with Crippen LogP contribution >= 0.6 is 0 Å². The highest BCUT2D eigenvalue weighted by Gasteiger charge is 2.10. The normalized spacial score (nSPS) is 11.2. The molecule has 3 rings (SSSR count). The SMILES string of the molecule is Cc1ccc(-n2[nH]c(C)c(C=Nc3ccccc3)c2=O)cc1. The molecule has 0 unspecified atom stereocenters. The Morgan fingerprint density at radius 1 is 1.00 bits per heavy atom. The van der Waals surface area contributed by atoms with Crippen molar-refractivity contribution in [2.24, 2.45) is 4.99 Å². The van der Waals surface area contributed by atoms with Crippen LogP contribution in [0.2, 0.25) is 0 Å². The topological polar surface area (TPSA) is 50.1 Å². The van der Waals surface area contributed by atoms with Crippen LogP contribution in [0.25, 0.3) is 5.69 Å². The Kier molecular flexibility index (Phi) is 3.74. The molecule has 0 bridgehead atoms. The zero-order valence-corrected chi connectivity index (χ0v) is 12.6. The van der Waals surface area contributed by atoms with Gasteiger partial charge in [0.15, 0.2) is 0 Å². The molecule has 0 atom stereocenters. The van der Waals surface area contributed by atoms with Crippen LogP contribution in [0.15, 0.2) is 64.4 Å². The summed E-state index contributed by atoms with van der Waals surface area (Å²) in [5, 5.41) is 3.10. The quantitative estimate of drug-likeness (QED) is 0.737. The maximum Gasteiger partial charge on any atom is 0.280 e. The third-order valence-corrected chi connectivity index (χ3v) is 3.51. The summed E-state index contributed by atoms with van der Waals surface area (Å²) in [5.41, 5.74) is 4.07. The molecule has 110 valence electrons. The Balaban J connectivity index is 1.99. The summed E-state index contributed by atoms with van der Waals surface area (Å²) in [6.07, 6.45) is 1.62. The molecule has 0 aliphatic heterocycles. The van der Waals surface area contributed by atoms with Crippen molar-refractivity contribution >= 4 is 11.9 Å². The van der Waals surface area contributed by atoms with Gasteiger partial charge in [0, 0.05) is 11.9 Å². The molecule has 3 aromatic rings. The van der Waals surface area contributed by atoms with Gasteiger partial charge in [0.05, 0.1) is 16.9 Å². The summed E-state index contributed by atoms with van der Waals surface area (Å²) < 4.78 is 1.54. The van der Waals surface area contributed by atoms with E-state index in [-0.39, 0.29) is 5.56 Å². The van der Waals surface area contributed by atoms with E-state index in [1.807, 2.05) is 68.4 Å². The van der Waals surface area contributed by atoms with E-state index in [0.29, 0.717) is 5.56 Å². The van der Waals surface area contributed by atoms with Gasteiger partial charge in [-0.2, -0.15) is 0 Å². The molecule has 4 nitrogen and oxygen atoms in total. The first-order chi connectivity index (χ1) is 10.6. The largest absolute Gasteiger partial charge is 0.295 e. The van der Waals surface area contributed by atoms with Crippen molar-refractivity contribution in [1.82, 2.24) is 9.78 Å². The van der Waals surface area contributed by atoms with Gasteiger partial charge < -0.3 is 0 Å². The maximum absolute atomic E-state index is 12.5. The molecule has 1 heterocycles. The Bertz CT molecular complexity index is 856. The highest BCUT2D eigenvalue weighted by Crippen LogP contribution is 2.11. The molecule has 22 heavy (non-hydrogen) atoms. The predicted octanol–water partition coefficient (Wildman–Crippen LogP) is 3.53. The van der Waals surface area contributed by atoms with E-state index in [9.17, 15) is 4.79 Å². The molecule has 0 spiro atoms. The van der Waals surface area contributed by atoms with Gasteiger partial charge in [-0.3, -0.25) is 14.9 Å². The van der Waals surface area contributed by atoms with E-state index < -0.39 is 0 Å². The number of rotatable bonds is 3. The first-order valence-corrected chi connectivity index (χ1v) is 7.13. The lowest BCUT2D eigenvalue weighted by molar-refractivity contribution is 0.835. The molecule has 0 saturated heterocycles. The van der Waals surface area contributed by atoms with E-state index in [4.69, 9.17) is 0 Å². The number of aliphatic imine (C=N–C) groups is 1. The number of aromatic amines is 1. The van der Waals surface area contributed by atoms with Gasteiger partial charge in [-0.15, -0.1) is 0 Å². The molecule has 4 heteroatoms. The second-order valence-electron chi connectivity index (χ2n) is 5.22. The number of nitrogens with zero attached hydrogens (tertiary/aromatic N) is 2. The number of nitrogens with one attached hydrogen (secondary N) is 1. The summed E-state index contributed by atoms with van der Waals surface area (Å²) in [5.74, 6) is 0. The lowest BCUT2D eigenvalue weighted by atomic mass is 10.2. The average Bonchev–Trinajstić information content (AvgIpc) is 2.82. The van der Waals surface area contributed by atoms with Crippen molar-refractivity contribution in [2.75, 3.05) is 0 Å². The standard InChI is InChI=1S/C18H17N3O/c1-13-8-10-16(11-9-13)21-18(22)17(14(2)20-21)12-19-15-6-4-3-5-7-15/h3-12,20H,1-2H3. The molecule has 0 radical (unpaired) electrons. The second kappa shape index (κ2) is 5.85. The molecule has 2 aromatic carbocycles. The van der Waals surface area contributed by atoms with Crippen LogP contribution in [-0.2, 0) is 0 Å². The summed E-state index contributed by atoms with van der Waals surface area (Å²) in [6.45, 7) is 3.89. The van der Waals surface area contributed by atoms with Crippen LogP contribution in [-0.4, -0.2) is 16.0 Å². The van der Waals surface area contributed by atoms with Crippen LogP contribution in [0.3, 0.4) is 0 Å². The molecular formula is C18H17N3O. The number of hydrogen-bond acceptors (Lipinski definition) is 2. The monoisotopic (exact) mass is 291 g/mol. The van der Waals surface area contributed by atoms with Crippen molar-refractivity contribution in [3.8, 4) is 5.69 Å². The van der Waals surface area contributed by atoms with Gasteiger partial charge in [-0.1, -0.05) is 35.9 Å². The van der Waals surface area contributed by atoms with Gasteiger partial charge >= 0.3 is 0 Å². The second-order valence-corrected chi connectivity index (χ2v) is 5.22. The van der Waals surface area contributed by atoms with Gasteiger partial charge in [0.25, 0.3) is 5.56 Å². The van der Waals surface area contributed by atoms with Crippen LogP contribution in [0.5, 0.6) is 0 Å². The first kappa shape index (κ1) is 14.1. The third-order valence-electron chi connectivity index (χ3n) is 3.51. The van der Waals surface area contributed by atoms with Crippen molar-refractivity contribution in [3.05, 3.63) is 81.8 Å². The van der Waals surface area contributed by atoms with E-state index in [2.05, 4.69) is 10.1 Å². The van der Waals surface area contributed by atoms with Gasteiger partial charge in [0.1, 0.15) is 0 Å². The minimum absolute atomic E-state index is 0.0963. The van der Waals surface area contributed by atoms with Gasteiger partial charge in [0.2, 0.25) is 0 Å². The molecule has 0 aliphatic carbocycles. The fraction of sp³-hybridized carbons (Fsp3) is 0.111. The fourth-order valence-corrected chi connectivity index (χ4v) is 2.24. The van der Waals surface area contributed by atoms with Crippen LogP contribution in [0.1, 0.15) is 16.8 Å². The summed E-state index contributed by atoms with van der Waals surface area (Å²) in [4.78, 5) is 16.9. The predicted molar refractivity (Wildman–Crippen MR) is 89.6 cm³/mol. The molecule has 0 saturated carbocycles. The first-order valence-electron chi connectivity index (χ1n) is 7.13. The highest BCUT2D eigenvalue weighted by atomic mass is 16.1. The summed E-state index contributed by atoms with van der Waals surface area (Å²) >= 11 is 0. The van der Waals surface area contributed by atoms with Crippen LogP contribution in [0, 0.1) is 13.8 Å². The Hall–Kier alpha value is -2.88. The number of aryl methyl sites for hydroxylation is 2. The van der Waals surface area contributed by atoms with Crippen LogP contribution in [0.4, 0.5) is 5.69 Å². The Morgan fingerprint density at radius 2 is 1.68 bits per heavy atom. The van der Waals surface area contributed by atoms with E-state index in [1.54, 1.807) is 10.9 Å².